The van der Waals surface area contributed by atoms with Crippen molar-refractivity contribution in [2.45, 2.75) is 24.0 Å². The number of thioether (sulfide) groups is 1. The predicted octanol–water partition coefficient (Wildman–Crippen LogP) is 2.15. The molecule has 0 bridgehead atoms. The maximum Gasteiger partial charge on any atom is 0.269 e. The van der Waals surface area contributed by atoms with Crippen molar-refractivity contribution in [2.24, 2.45) is 5.73 Å². The molecule has 3 N–H and O–H groups in total. The summed E-state index contributed by atoms with van der Waals surface area (Å²) in [6, 6.07) is 3.99. The number of primary amides is 1. The summed E-state index contributed by atoms with van der Waals surface area (Å²) >= 11 is 1.49. The first-order chi connectivity index (χ1) is 11.7. The number of carbonyl (C=O) groups excluding carboxylic acids is 1. The fourth-order valence-corrected chi connectivity index (χ4v) is 3.63. The Kier molecular flexibility index (Phi) is 5.12. The molecule has 9 heteroatoms. The molecular weight excluding hydrogens is 360 g/mol. The SMILES string of the molecule is CSc1ncc2ccc3c(C(N)=O)nn(C4CCCNC4)c3c2n1.Cl. The first-order valence-electron chi connectivity index (χ1n) is 7.91. The van der Waals surface area contributed by atoms with Gasteiger partial charge in [0.2, 0.25) is 0 Å². The van der Waals surface area contributed by atoms with Gasteiger partial charge in [0.25, 0.3) is 5.91 Å². The van der Waals surface area contributed by atoms with Crippen LogP contribution in [0.15, 0.2) is 23.5 Å². The number of nitrogens with two attached hydrogens (primary N) is 1. The molecule has 1 atom stereocenters. The zero-order valence-corrected chi connectivity index (χ0v) is 15.4. The number of hydrogen-bond acceptors (Lipinski definition) is 6. The fourth-order valence-electron chi connectivity index (χ4n) is 3.29. The Hall–Kier alpha value is -1.90. The molecule has 1 amide bonds. The molecule has 0 saturated carbocycles. The maximum atomic E-state index is 11.9. The summed E-state index contributed by atoms with van der Waals surface area (Å²) in [6.45, 7) is 1.84. The zero-order chi connectivity index (χ0) is 16.7. The number of aromatic nitrogens is 4. The van der Waals surface area contributed by atoms with Crippen LogP contribution in [0.1, 0.15) is 29.4 Å². The molecule has 3 aromatic rings. The van der Waals surface area contributed by atoms with Crippen molar-refractivity contribution in [1.29, 1.82) is 0 Å². The van der Waals surface area contributed by atoms with Gasteiger partial charge in [-0.2, -0.15) is 5.10 Å². The first kappa shape index (κ1) is 17.9. The minimum Gasteiger partial charge on any atom is -0.364 e. The van der Waals surface area contributed by atoms with Crippen LogP contribution in [0.4, 0.5) is 0 Å². The number of carbonyl (C=O) groups is 1. The maximum absolute atomic E-state index is 11.9. The van der Waals surface area contributed by atoms with Crippen LogP contribution in [0, 0.1) is 0 Å². The average molecular weight is 379 g/mol. The van der Waals surface area contributed by atoms with Crippen LogP contribution in [0.5, 0.6) is 0 Å². The first-order valence-corrected chi connectivity index (χ1v) is 9.14. The summed E-state index contributed by atoms with van der Waals surface area (Å²) in [5, 5.41) is 10.3. The molecule has 4 rings (SSSR count). The fraction of sp³-hybridized carbons (Fsp3) is 0.375. The van der Waals surface area contributed by atoms with Gasteiger partial charge in [0.15, 0.2) is 10.9 Å². The standard InChI is InChI=1S/C16H18N6OS.ClH/c1-24-16-19-7-9-4-5-11-13(15(17)23)21-22(14(11)12(9)20-16)10-3-2-6-18-8-10;/h4-5,7,10,18H,2-3,6,8H2,1H3,(H2,17,23);1H. The molecule has 0 radical (unpaired) electrons. The van der Waals surface area contributed by atoms with Crippen molar-refractivity contribution >= 4 is 51.9 Å². The lowest BCUT2D eigenvalue weighted by Crippen LogP contribution is -2.32. The van der Waals surface area contributed by atoms with E-state index in [4.69, 9.17) is 5.73 Å². The number of piperidine rings is 1. The summed E-state index contributed by atoms with van der Waals surface area (Å²) in [7, 11) is 0. The molecule has 1 aliphatic rings. The van der Waals surface area contributed by atoms with E-state index in [2.05, 4.69) is 20.4 Å². The van der Waals surface area contributed by atoms with Gasteiger partial charge in [0.05, 0.1) is 11.6 Å². The number of nitrogens with one attached hydrogen (secondary N) is 1. The van der Waals surface area contributed by atoms with Gasteiger partial charge < -0.3 is 11.1 Å². The molecule has 0 spiro atoms. The molecule has 1 aliphatic heterocycles. The number of rotatable bonds is 3. The van der Waals surface area contributed by atoms with E-state index >= 15 is 0 Å². The molecule has 2 aromatic heterocycles. The van der Waals surface area contributed by atoms with E-state index in [1.54, 1.807) is 0 Å². The van der Waals surface area contributed by atoms with Crippen molar-refractivity contribution in [3.8, 4) is 0 Å². The lowest BCUT2D eigenvalue weighted by atomic mass is 10.1. The van der Waals surface area contributed by atoms with Crippen molar-refractivity contribution < 1.29 is 4.79 Å². The Labute approximate surface area is 155 Å². The summed E-state index contributed by atoms with van der Waals surface area (Å²) < 4.78 is 1.93. The number of halogens is 1. The molecule has 0 aliphatic carbocycles. The van der Waals surface area contributed by atoms with Gasteiger partial charge in [-0.15, -0.1) is 12.4 Å². The molecule has 1 aromatic carbocycles. The van der Waals surface area contributed by atoms with E-state index in [0.717, 1.165) is 47.7 Å². The second kappa shape index (κ2) is 7.15. The molecule has 1 unspecified atom stereocenters. The van der Waals surface area contributed by atoms with Crippen LogP contribution in [0.2, 0.25) is 0 Å². The molecule has 3 heterocycles. The van der Waals surface area contributed by atoms with Crippen LogP contribution in [-0.2, 0) is 0 Å². The van der Waals surface area contributed by atoms with Crippen molar-refractivity contribution in [3.63, 3.8) is 0 Å². The Bertz CT molecular complexity index is 937. The molecule has 7 nitrogen and oxygen atoms in total. The van der Waals surface area contributed by atoms with Gasteiger partial charge in [0.1, 0.15) is 5.52 Å². The van der Waals surface area contributed by atoms with Crippen LogP contribution in [0.25, 0.3) is 21.8 Å². The van der Waals surface area contributed by atoms with Crippen molar-refractivity contribution in [2.75, 3.05) is 19.3 Å². The number of benzene rings is 1. The third kappa shape index (κ3) is 3.05. The highest BCUT2D eigenvalue weighted by Crippen LogP contribution is 2.31. The van der Waals surface area contributed by atoms with Gasteiger partial charge in [-0.1, -0.05) is 17.8 Å². The van der Waals surface area contributed by atoms with Crippen molar-refractivity contribution in [3.05, 3.63) is 24.0 Å². The third-order valence-electron chi connectivity index (χ3n) is 4.43. The molecule has 132 valence electrons. The summed E-state index contributed by atoms with van der Waals surface area (Å²) in [5.41, 5.74) is 7.55. The van der Waals surface area contributed by atoms with Gasteiger partial charge in [-0.3, -0.25) is 9.48 Å². The Balaban J connectivity index is 0.00000182. The van der Waals surface area contributed by atoms with Gasteiger partial charge in [-0.25, -0.2) is 9.97 Å². The van der Waals surface area contributed by atoms with Crippen molar-refractivity contribution in [1.82, 2.24) is 25.1 Å². The highest BCUT2D eigenvalue weighted by atomic mass is 35.5. The third-order valence-corrected chi connectivity index (χ3v) is 4.99. The lowest BCUT2D eigenvalue weighted by molar-refractivity contribution is 0.0995. The average Bonchev–Trinajstić information content (AvgIpc) is 3.02. The number of amides is 1. The summed E-state index contributed by atoms with van der Waals surface area (Å²) in [6.07, 6.45) is 5.85. The van der Waals surface area contributed by atoms with Crippen LogP contribution in [-0.4, -0.2) is 45.0 Å². The number of fused-ring (bicyclic) bond motifs is 3. The Morgan fingerprint density at radius 1 is 1.44 bits per heavy atom. The van der Waals surface area contributed by atoms with E-state index in [1.807, 2.05) is 29.3 Å². The highest BCUT2D eigenvalue weighted by Gasteiger charge is 2.24. The minimum atomic E-state index is -0.513. The number of hydrogen-bond donors (Lipinski definition) is 2. The van der Waals surface area contributed by atoms with Gasteiger partial charge in [0, 0.05) is 23.5 Å². The zero-order valence-electron chi connectivity index (χ0n) is 13.7. The quantitative estimate of drug-likeness (QED) is 0.535. The smallest absolute Gasteiger partial charge is 0.269 e. The van der Waals surface area contributed by atoms with E-state index in [9.17, 15) is 4.79 Å². The van der Waals surface area contributed by atoms with E-state index in [1.165, 1.54) is 11.8 Å². The monoisotopic (exact) mass is 378 g/mol. The van der Waals surface area contributed by atoms with Crippen LogP contribution >= 0.6 is 24.2 Å². The second-order valence-corrected chi connectivity index (χ2v) is 6.69. The molecule has 1 saturated heterocycles. The number of nitrogens with zero attached hydrogens (tertiary/aromatic N) is 4. The Morgan fingerprint density at radius 3 is 2.96 bits per heavy atom. The molecule has 1 fully saturated rings. The molecular formula is C16H19ClN6OS. The minimum absolute atomic E-state index is 0. The lowest BCUT2D eigenvalue weighted by Gasteiger charge is -2.24. The Morgan fingerprint density at radius 2 is 2.28 bits per heavy atom. The van der Waals surface area contributed by atoms with Crippen LogP contribution in [0.3, 0.4) is 0 Å². The van der Waals surface area contributed by atoms with Crippen LogP contribution < -0.4 is 11.1 Å². The van der Waals surface area contributed by atoms with E-state index < -0.39 is 5.91 Å². The second-order valence-electron chi connectivity index (χ2n) is 5.91. The van der Waals surface area contributed by atoms with Gasteiger partial charge in [-0.05, 0) is 31.7 Å². The van der Waals surface area contributed by atoms with E-state index in [0.29, 0.717) is 10.9 Å². The molecule has 25 heavy (non-hydrogen) atoms. The normalized spacial score (nSPS) is 17.6. The van der Waals surface area contributed by atoms with E-state index in [-0.39, 0.29) is 18.4 Å². The summed E-state index contributed by atoms with van der Waals surface area (Å²) in [4.78, 5) is 20.9. The topological polar surface area (TPSA) is 98.7 Å². The largest absolute Gasteiger partial charge is 0.364 e. The summed E-state index contributed by atoms with van der Waals surface area (Å²) in [5.74, 6) is -0.513. The predicted molar refractivity (Wildman–Crippen MR) is 102 cm³/mol. The highest BCUT2D eigenvalue weighted by molar-refractivity contribution is 7.98. The van der Waals surface area contributed by atoms with Gasteiger partial charge >= 0.3 is 0 Å².